The number of amides is 2. The van der Waals surface area contributed by atoms with Crippen molar-refractivity contribution in [2.45, 2.75) is 18.9 Å². The van der Waals surface area contributed by atoms with Gasteiger partial charge in [-0.2, -0.15) is 0 Å². The third-order valence-corrected chi connectivity index (χ3v) is 4.15. The summed E-state index contributed by atoms with van der Waals surface area (Å²) in [5.74, 6) is -2.56. The largest absolute Gasteiger partial charge is 0.480 e. The highest BCUT2D eigenvalue weighted by Crippen LogP contribution is 2.13. The number of carboxylic acids is 1. The predicted octanol–water partition coefficient (Wildman–Crippen LogP) is 1.71. The van der Waals surface area contributed by atoms with Crippen molar-refractivity contribution in [3.8, 4) is 0 Å². The van der Waals surface area contributed by atoms with Crippen molar-refractivity contribution in [1.29, 1.82) is 0 Å². The lowest BCUT2D eigenvalue weighted by Crippen LogP contribution is -2.45. The molecule has 2 aromatic rings. The van der Waals surface area contributed by atoms with Gasteiger partial charge in [0, 0.05) is 26.3 Å². The summed E-state index contributed by atoms with van der Waals surface area (Å²) in [5, 5.41) is 20.6. The van der Waals surface area contributed by atoms with Gasteiger partial charge in [-0.25, -0.2) is 9.80 Å². The molecule has 0 aliphatic rings. The molecule has 12 nitrogen and oxygen atoms in total. The quantitative estimate of drug-likeness (QED) is 0.123. The standard InChI is InChI=1S/C21H25N7O4.C2H6O/c22-21(23)24-13-7-12-17(20(31)32)25-18(29)14-28(19(30)15-8-3-1-4-9-15)27-26-16-10-5-2-6-11-16;1-3-2/h1-6,8-11,17H,7,12-14H2,(H,25,29)(H,31,32)(H4,22,23,24);1-2H3. The Labute approximate surface area is 203 Å². The number of nitrogens with one attached hydrogen (secondary N) is 1. The number of nitrogens with two attached hydrogens (primary N) is 2. The predicted molar refractivity (Wildman–Crippen MR) is 131 cm³/mol. The van der Waals surface area contributed by atoms with E-state index in [-0.39, 0.29) is 18.9 Å². The summed E-state index contributed by atoms with van der Waals surface area (Å²) in [6.07, 6.45) is 0.450. The van der Waals surface area contributed by atoms with Crippen LogP contribution in [0, 0.1) is 0 Å². The van der Waals surface area contributed by atoms with Crippen molar-refractivity contribution in [1.82, 2.24) is 10.3 Å². The highest BCUT2D eigenvalue weighted by molar-refractivity contribution is 5.96. The Kier molecular flexibility index (Phi) is 13.4. The number of carbonyl (C=O) groups is 3. The van der Waals surface area contributed by atoms with Gasteiger partial charge in [-0.3, -0.25) is 14.6 Å². The van der Waals surface area contributed by atoms with Gasteiger partial charge in [0.2, 0.25) is 5.91 Å². The minimum atomic E-state index is -1.21. The molecule has 0 fully saturated rings. The van der Waals surface area contributed by atoms with E-state index in [1.165, 1.54) is 0 Å². The van der Waals surface area contributed by atoms with E-state index >= 15 is 0 Å². The van der Waals surface area contributed by atoms with E-state index in [0.717, 1.165) is 5.01 Å². The van der Waals surface area contributed by atoms with Gasteiger partial charge in [0.15, 0.2) is 5.96 Å². The van der Waals surface area contributed by atoms with Crippen molar-refractivity contribution in [3.63, 3.8) is 0 Å². The van der Waals surface area contributed by atoms with E-state index in [4.69, 9.17) is 11.5 Å². The van der Waals surface area contributed by atoms with Crippen LogP contribution in [0.4, 0.5) is 5.69 Å². The second-order valence-corrected chi connectivity index (χ2v) is 7.07. The third kappa shape index (κ3) is 11.9. The van der Waals surface area contributed by atoms with E-state index < -0.39 is 30.4 Å². The first-order valence-corrected chi connectivity index (χ1v) is 10.6. The SMILES string of the molecule is COC.NC(N)=NCCCC(NC(=O)CN(N=Nc1ccccc1)C(=O)c1ccccc1)C(=O)O. The van der Waals surface area contributed by atoms with Gasteiger partial charge in [-0.1, -0.05) is 41.6 Å². The summed E-state index contributed by atoms with van der Waals surface area (Å²) >= 11 is 0. The van der Waals surface area contributed by atoms with Crippen LogP contribution in [0.15, 0.2) is 76.0 Å². The normalized spacial score (nSPS) is 11.0. The topological polar surface area (TPSA) is 185 Å². The molecule has 0 aliphatic heterocycles. The molecule has 1 unspecified atom stereocenters. The summed E-state index contributed by atoms with van der Waals surface area (Å²) < 4.78 is 4.25. The second-order valence-electron chi connectivity index (χ2n) is 7.07. The number of methoxy groups -OCH3 is 1. The minimum Gasteiger partial charge on any atom is -0.480 e. The lowest BCUT2D eigenvalue weighted by atomic mass is 10.1. The average Bonchev–Trinajstić information content (AvgIpc) is 2.84. The molecular weight excluding hydrogens is 454 g/mol. The maximum atomic E-state index is 12.8. The zero-order valence-corrected chi connectivity index (χ0v) is 19.7. The fourth-order valence-corrected chi connectivity index (χ4v) is 2.61. The molecule has 0 saturated heterocycles. The molecule has 6 N–H and O–H groups in total. The summed E-state index contributed by atoms with van der Waals surface area (Å²) in [7, 11) is 3.25. The van der Waals surface area contributed by atoms with Gasteiger partial charge in [0.05, 0.1) is 5.69 Å². The number of guanidine groups is 1. The Morgan fingerprint density at radius 2 is 1.60 bits per heavy atom. The number of hydrogen-bond donors (Lipinski definition) is 4. The van der Waals surface area contributed by atoms with Crippen molar-refractivity contribution in [2.75, 3.05) is 27.3 Å². The average molecular weight is 486 g/mol. The molecule has 0 aromatic heterocycles. The zero-order chi connectivity index (χ0) is 26.1. The van der Waals surface area contributed by atoms with Gasteiger partial charge in [-0.05, 0) is 37.1 Å². The van der Waals surface area contributed by atoms with Crippen molar-refractivity contribution >= 4 is 29.4 Å². The van der Waals surface area contributed by atoms with E-state index in [2.05, 4.69) is 25.4 Å². The maximum absolute atomic E-state index is 12.8. The number of aliphatic carboxylic acids is 1. The van der Waals surface area contributed by atoms with Gasteiger partial charge < -0.3 is 26.6 Å². The summed E-state index contributed by atoms with van der Waals surface area (Å²) in [6, 6.07) is 15.8. The van der Waals surface area contributed by atoms with Crippen LogP contribution in [0.2, 0.25) is 0 Å². The fraction of sp³-hybridized carbons (Fsp3) is 0.304. The first-order valence-electron chi connectivity index (χ1n) is 10.6. The molecule has 2 aromatic carbocycles. The number of nitrogens with zero attached hydrogens (tertiary/aromatic N) is 4. The van der Waals surface area contributed by atoms with Gasteiger partial charge in [0.25, 0.3) is 5.91 Å². The van der Waals surface area contributed by atoms with E-state index in [1.807, 2.05) is 0 Å². The van der Waals surface area contributed by atoms with Gasteiger partial charge >= 0.3 is 5.97 Å². The van der Waals surface area contributed by atoms with Crippen LogP contribution < -0.4 is 16.8 Å². The van der Waals surface area contributed by atoms with Crippen LogP contribution in [0.3, 0.4) is 0 Å². The number of ether oxygens (including phenoxy) is 1. The number of rotatable bonds is 11. The maximum Gasteiger partial charge on any atom is 0.326 e. The Balaban J connectivity index is 0.00000194. The number of carbonyl (C=O) groups excluding carboxylic acids is 2. The van der Waals surface area contributed by atoms with E-state index in [9.17, 15) is 19.5 Å². The Morgan fingerprint density at radius 3 is 2.14 bits per heavy atom. The Bertz CT molecular complexity index is 980. The highest BCUT2D eigenvalue weighted by Gasteiger charge is 2.23. The Hall–Kier alpha value is -4.32. The van der Waals surface area contributed by atoms with Crippen LogP contribution in [-0.2, 0) is 14.3 Å². The van der Waals surface area contributed by atoms with Crippen molar-refractivity contribution in [2.24, 2.45) is 26.8 Å². The zero-order valence-electron chi connectivity index (χ0n) is 19.7. The first kappa shape index (κ1) is 28.7. The molecule has 2 rings (SSSR count). The number of carboxylic acid groups (broad SMARTS) is 1. The number of aliphatic imine (C=N–C) groups is 1. The molecule has 0 heterocycles. The molecule has 0 radical (unpaired) electrons. The van der Waals surface area contributed by atoms with Crippen LogP contribution in [0.5, 0.6) is 0 Å². The minimum absolute atomic E-state index is 0.0974. The van der Waals surface area contributed by atoms with Crippen molar-refractivity contribution < 1.29 is 24.2 Å². The smallest absolute Gasteiger partial charge is 0.326 e. The van der Waals surface area contributed by atoms with Crippen LogP contribution in [-0.4, -0.2) is 67.2 Å². The molecule has 188 valence electrons. The molecule has 0 aliphatic carbocycles. The van der Waals surface area contributed by atoms with Crippen LogP contribution >= 0.6 is 0 Å². The van der Waals surface area contributed by atoms with E-state index in [0.29, 0.717) is 17.7 Å². The van der Waals surface area contributed by atoms with E-state index in [1.54, 1.807) is 74.9 Å². The fourth-order valence-electron chi connectivity index (χ4n) is 2.61. The summed E-state index contributed by atoms with van der Waals surface area (Å²) in [5.41, 5.74) is 11.3. The third-order valence-electron chi connectivity index (χ3n) is 4.15. The molecule has 12 heteroatoms. The van der Waals surface area contributed by atoms with Gasteiger partial charge in [0.1, 0.15) is 12.6 Å². The molecule has 0 bridgehead atoms. The van der Waals surface area contributed by atoms with Crippen LogP contribution in [0.25, 0.3) is 0 Å². The van der Waals surface area contributed by atoms with Crippen LogP contribution in [0.1, 0.15) is 23.2 Å². The lowest BCUT2D eigenvalue weighted by Gasteiger charge is -2.18. The van der Waals surface area contributed by atoms with Gasteiger partial charge in [-0.15, -0.1) is 5.11 Å². The Morgan fingerprint density at radius 1 is 1.03 bits per heavy atom. The lowest BCUT2D eigenvalue weighted by molar-refractivity contribution is -0.142. The first-order chi connectivity index (χ1) is 16.8. The molecule has 1 atom stereocenters. The number of hydrogen-bond acceptors (Lipinski definition) is 7. The molecular formula is C23H31N7O5. The molecule has 35 heavy (non-hydrogen) atoms. The molecule has 0 saturated carbocycles. The monoisotopic (exact) mass is 485 g/mol. The second kappa shape index (κ2) is 16.3. The molecule has 2 amide bonds. The number of benzene rings is 2. The summed E-state index contributed by atoms with van der Waals surface area (Å²) in [4.78, 5) is 40.6. The molecule has 0 spiro atoms. The van der Waals surface area contributed by atoms with Crippen molar-refractivity contribution in [3.05, 3.63) is 66.2 Å². The highest BCUT2D eigenvalue weighted by atomic mass is 16.4. The summed E-state index contributed by atoms with van der Waals surface area (Å²) in [6.45, 7) is -0.284.